The smallest absolute Gasteiger partial charge is 0.242 e. The maximum Gasteiger partial charge on any atom is 0.242 e. The molecule has 0 aromatic heterocycles. The molecule has 2 aromatic carbocycles. The molecule has 0 aliphatic carbocycles. The van der Waals surface area contributed by atoms with Crippen molar-refractivity contribution in [2.24, 2.45) is 0 Å². The number of halogens is 2. The van der Waals surface area contributed by atoms with Crippen LogP contribution in [0.1, 0.15) is 25.3 Å². The van der Waals surface area contributed by atoms with Crippen LogP contribution in [0, 0.1) is 5.82 Å². The molecule has 0 spiro atoms. The Morgan fingerprint density at radius 1 is 1.16 bits per heavy atom. The molecule has 0 heterocycles. The van der Waals surface area contributed by atoms with Crippen molar-refractivity contribution in [3.8, 4) is 0 Å². The van der Waals surface area contributed by atoms with E-state index in [1.54, 1.807) is 13.0 Å². The van der Waals surface area contributed by atoms with E-state index in [9.17, 15) is 22.4 Å². The molecule has 32 heavy (non-hydrogen) atoms. The fraction of sp³-hybridized carbons (Fsp3) is 0.364. The Bertz CT molecular complexity index is 1060. The van der Waals surface area contributed by atoms with E-state index in [-0.39, 0.29) is 43.4 Å². The Balaban J connectivity index is 2.15. The van der Waals surface area contributed by atoms with Gasteiger partial charge in [0.15, 0.2) is 0 Å². The van der Waals surface area contributed by atoms with Crippen LogP contribution in [0.25, 0.3) is 0 Å². The van der Waals surface area contributed by atoms with Gasteiger partial charge < -0.3 is 10.2 Å². The molecule has 0 aliphatic rings. The highest BCUT2D eigenvalue weighted by Gasteiger charge is 2.26. The lowest BCUT2D eigenvalue weighted by atomic mass is 10.1. The first-order valence-corrected chi connectivity index (χ1v) is 12.7. The summed E-state index contributed by atoms with van der Waals surface area (Å²) in [6, 6.07) is 12.3. The van der Waals surface area contributed by atoms with Gasteiger partial charge in [0.2, 0.25) is 21.8 Å². The van der Waals surface area contributed by atoms with Crippen molar-refractivity contribution in [1.29, 1.82) is 0 Å². The lowest BCUT2D eigenvalue weighted by Gasteiger charge is -2.29. The summed E-state index contributed by atoms with van der Waals surface area (Å²) in [7, 11) is -2.25. The molecular weight excluding hydrogens is 501 g/mol. The van der Waals surface area contributed by atoms with Gasteiger partial charge in [-0.1, -0.05) is 40.2 Å². The first kappa shape index (κ1) is 25.8. The molecule has 174 valence electrons. The minimum absolute atomic E-state index is 0.00416. The number of rotatable bonds is 10. The highest BCUT2D eigenvalue weighted by Crippen LogP contribution is 2.22. The van der Waals surface area contributed by atoms with Crippen molar-refractivity contribution in [2.75, 3.05) is 24.2 Å². The third-order valence-corrected chi connectivity index (χ3v) is 6.60. The van der Waals surface area contributed by atoms with Crippen LogP contribution < -0.4 is 9.62 Å². The number of carbonyl (C=O) groups excluding carboxylic acids is 2. The Hall–Kier alpha value is -2.46. The van der Waals surface area contributed by atoms with Crippen molar-refractivity contribution in [1.82, 2.24) is 10.2 Å². The van der Waals surface area contributed by atoms with E-state index in [0.717, 1.165) is 20.6 Å². The van der Waals surface area contributed by atoms with Gasteiger partial charge in [0.1, 0.15) is 11.9 Å². The van der Waals surface area contributed by atoms with E-state index in [2.05, 4.69) is 21.2 Å². The standard InChI is InChI=1S/C22H27BrFN3O4S/c1-16(22(29)25-2)26(15-17-8-6-9-18(23)14-17)21(28)12-7-13-27(32(3,30)31)20-11-5-4-10-19(20)24/h4-6,8-11,14,16H,7,12-13,15H2,1-3H3,(H,25,29)/t16-/m1/s1. The molecule has 0 saturated carbocycles. The number of amides is 2. The predicted octanol–water partition coefficient (Wildman–Crippen LogP) is 3.30. The molecule has 0 fully saturated rings. The van der Waals surface area contributed by atoms with Crippen molar-refractivity contribution in [3.63, 3.8) is 0 Å². The third kappa shape index (κ3) is 7.03. The molecule has 0 radical (unpaired) electrons. The number of sulfonamides is 1. The first-order valence-electron chi connectivity index (χ1n) is 10.0. The monoisotopic (exact) mass is 527 g/mol. The van der Waals surface area contributed by atoms with E-state index < -0.39 is 21.9 Å². The lowest BCUT2D eigenvalue weighted by Crippen LogP contribution is -2.46. The number of carbonyl (C=O) groups is 2. The molecule has 7 nitrogen and oxygen atoms in total. The van der Waals surface area contributed by atoms with E-state index in [1.807, 2.05) is 24.3 Å². The summed E-state index contributed by atoms with van der Waals surface area (Å²) < 4.78 is 40.4. The van der Waals surface area contributed by atoms with Crippen LogP contribution in [-0.2, 0) is 26.2 Å². The maximum atomic E-state index is 14.2. The largest absolute Gasteiger partial charge is 0.357 e. The van der Waals surface area contributed by atoms with Gasteiger partial charge in [0.25, 0.3) is 0 Å². The number of hydrogen-bond donors (Lipinski definition) is 1. The molecule has 10 heteroatoms. The van der Waals surface area contributed by atoms with Gasteiger partial charge in [-0.2, -0.15) is 0 Å². The van der Waals surface area contributed by atoms with E-state index in [4.69, 9.17) is 0 Å². The lowest BCUT2D eigenvalue weighted by molar-refractivity contribution is -0.140. The van der Waals surface area contributed by atoms with Crippen molar-refractivity contribution in [3.05, 3.63) is 64.4 Å². The molecule has 2 aromatic rings. The number of anilines is 1. The second-order valence-electron chi connectivity index (χ2n) is 7.33. The van der Waals surface area contributed by atoms with Gasteiger partial charge in [-0.25, -0.2) is 12.8 Å². The summed E-state index contributed by atoms with van der Waals surface area (Å²) in [5.41, 5.74) is 0.778. The zero-order chi connectivity index (χ0) is 23.9. The second kappa shape index (κ2) is 11.4. The second-order valence-corrected chi connectivity index (χ2v) is 10.2. The van der Waals surface area contributed by atoms with Crippen molar-refractivity contribution in [2.45, 2.75) is 32.4 Å². The van der Waals surface area contributed by atoms with Crippen molar-refractivity contribution < 1.29 is 22.4 Å². The van der Waals surface area contributed by atoms with Crippen LogP contribution in [0.4, 0.5) is 10.1 Å². The summed E-state index contributed by atoms with van der Waals surface area (Å²) >= 11 is 3.40. The summed E-state index contributed by atoms with van der Waals surface area (Å²) in [5.74, 6) is -1.27. The molecule has 1 N–H and O–H groups in total. The number of benzene rings is 2. The first-order chi connectivity index (χ1) is 15.0. The highest BCUT2D eigenvalue weighted by atomic mass is 79.9. The van der Waals surface area contributed by atoms with Crippen LogP contribution in [0.5, 0.6) is 0 Å². The maximum absolute atomic E-state index is 14.2. The van der Waals surface area contributed by atoms with Crippen LogP contribution in [0.2, 0.25) is 0 Å². The molecule has 0 bridgehead atoms. The van der Waals surface area contributed by atoms with E-state index >= 15 is 0 Å². The van der Waals surface area contributed by atoms with Crippen LogP contribution in [0.15, 0.2) is 53.0 Å². The summed E-state index contributed by atoms with van der Waals surface area (Å²) in [6.45, 7) is 1.79. The van der Waals surface area contributed by atoms with Gasteiger partial charge >= 0.3 is 0 Å². The molecule has 2 rings (SSSR count). The SMILES string of the molecule is CNC(=O)[C@@H](C)N(Cc1cccc(Br)c1)C(=O)CCCN(c1ccccc1F)S(C)(=O)=O. The topological polar surface area (TPSA) is 86.8 Å². The number of para-hydroxylation sites is 1. The molecule has 0 aliphatic heterocycles. The Labute approximate surface area is 196 Å². The number of nitrogens with one attached hydrogen (secondary N) is 1. The molecular formula is C22H27BrFN3O4S. The van der Waals surface area contributed by atoms with Gasteiger partial charge in [-0.15, -0.1) is 0 Å². The Morgan fingerprint density at radius 3 is 2.44 bits per heavy atom. The van der Waals surface area contributed by atoms with E-state index in [0.29, 0.717) is 0 Å². The zero-order valence-corrected chi connectivity index (χ0v) is 20.6. The van der Waals surface area contributed by atoms with Gasteiger partial charge in [-0.05, 0) is 43.2 Å². The summed E-state index contributed by atoms with van der Waals surface area (Å²) in [6.07, 6.45) is 1.15. The Morgan fingerprint density at radius 2 is 1.84 bits per heavy atom. The number of likely N-dealkylation sites (N-methyl/N-ethyl adjacent to an activating group) is 1. The normalized spacial score (nSPS) is 12.2. The molecule has 1 atom stereocenters. The Kier molecular flexibility index (Phi) is 9.21. The summed E-state index contributed by atoms with van der Waals surface area (Å²) in [4.78, 5) is 26.7. The van der Waals surface area contributed by atoms with Crippen LogP contribution in [-0.4, -0.2) is 51.0 Å². The quantitative estimate of drug-likeness (QED) is 0.513. The molecule has 0 saturated heterocycles. The third-order valence-electron chi connectivity index (χ3n) is 4.93. The van der Waals surface area contributed by atoms with Crippen LogP contribution in [0.3, 0.4) is 0 Å². The molecule has 2 amide bonds. The number of nitrogens with zero attached hydrogens (tertiary/aromatic N) is 2. The van der Waals surface area contributed by atoms with E-state index in [1.165, 1.54) is 30.1 Å². The van der Waals surface area contributed by atoms with Crippen LogP contribution >= 0.6 is 15.9 Å². The predicted molar refractivity (Wildman–Crippen MR) is 126 cm³/mol. The average Bonchev–Trinajstić information content (AvgIpc) is 2.74. The van der Waals surface area contributed by atoms with Crippen molar-refractivity contribution >= 4 is 43.5 Å². The fourth-order valence-corrected chi connectivity index (χ4v) is 4.67. The zero-order valence-electron chi connectivity index (χ0n) is 18.2. The average molecular weight is 528 g/mol. The van der Waals surface area contributed by atoms with Gasteiger partial charge in [-0.3, -0.25) is 13.9 Å². The minimum atomic E-state index is -3.75. The summed E-state index contributed by atoms with van der Waals surface area (Å²) in [5, 5.41) is 2.55. The van der Waals surface area contributed by atoms with Gasteiger partial charge in [0, 0.05) is 31.0 Å². The number of hydrogen-bond acceptors (Lipinski definition) is 4. The highest BCUT2D eigenvalue weighted by molar-refractivity contribution is 9.10. The fourth-order valence-electron chi connectivity index (χ4n) is 3.26. The van der Waals surface area contributed by atoms with Gasteiger partial charge in [0.05, 0.1) is 11.9 Å². The molecule has 0 unspecified atom stereocenters. The minimum Gasteiger partial charge on any atom is -0.357 e.